The van der Waals surface area contributed by atoms with Crippen LogP contribution in [0.3, 0.4) is 0 Å². The number of aliphatic carboxylic acids is 1. The van der Waals surface area contributed by atoms with E-state index in [4.69, 9.17) is 0 Å². The average molecular weight is 265 g/mol. The fourth-order valence-electron chi connectivity index (χ4n) is 2.67. The van der Waals surface area contributed by atoms with Crippen molar-refractivity contribution in [3.63, 3.8) is 0 Å². The highest BCUT2D eigenvalue weighted by atomic mass is 19.1. The maximum absolute atomic E-state index is 13.3. The topological polar surface area (TPSA) is 40.5 Å². The first-order valence-corrected chi connectivity index (χ1v) is 6.80. The van der Waals surface area contributed by atoms with Crippen LogP contribution < -0.4 is 0 Å². The van der Waals surface area contributed by atoms with Gasteiger partial charge in [-0.25, -0.2) is 4.39 Å². The molecule has 1 aromatic carbocycles. The van der Waals surface area contributed by atoms with E-state index in [0.717, 1.165) is 36.9 Å². The smallest absolute Gasteiger partial charge is 0.320 e. The Bertz CT molecular complexity index is 461. The van der Waals surface area contributed by atoms with E-state index < -0.39 is 12.0 Å². The summed E-state index contributed by atoms with van der Waals surface area (Å²) in [7, 11) is 0. The predicted molar refractivity (Wildman–Crippen MR) is 71.4 cm³/mol. The van der Waals surface area contributed by atoms with E-state index in [-0.39, 0.29) is 5.82 Å². The molecular weight excluding hydrogens is 245 g/mol. The first kappa shape index (κ1) is 14.0. The quantitative estimate of drug-likeness (QED) is 0.913. The minimum atomic E-state index is -0.768. The molecule has 4 heteroatoms. The Kier molecular flexibility index (Phi) is 4.53. The van der Waals surface area contributed by atoms with Gasteiger partial charge in [-0.3, -0.25) is 9.69 Å². The zero-order valence-corrected chi connectivity index (χ0v) is 11.2. The molecule has 1 fully saturated rings. The Labute approximate surface area is 113 Å². The number of aryl methyl sites for hydroxylation is 1. The number of carboxylic acids is 1. The molecule has 0 spiro atoms. The zero-order chi connectivity index (χ0) is 13.8. The molecular formula is C15H20FNO2. The summed E-state index contributed by atoms with van der Waals surface area (Å²) < 4.78 is 13.3. The van der Waals surface area contributed by atoms with Crippen LogP contribution in [0.25, 0.3) is 0 Å². The van der Waals surface area contributed by atoms with Crippen LogP contribution in [0.4, 0.5) is 4.39 Å². The lowest BCUT2D eigenvalue weighted by Crippen LogP contribution is -2.40. The molecule has 1 N–H and O–H groups in total. The molecule has 1 atom stereocenters. The molecule has 0 bridgehead atoms. The zero-order valence-electron chi connectivity index (χ0n) is 11.2. The lowest BCUT2D eigenvalue weighted by Gasteiger charge is -2.27. The van der Waals surface area contributed by atoms with E-state index in [1.807, 2.05) is 11.8 Å². The van der Waals surface area contributed by atoms with Crippen molar-refractivity contribution in [2.75, 3.05) is 6.54 Å². The highest BCUT2D eigenvalue weighted by molar-refractivity contribution is 5.73. The number of carboxylic acid groups (broad SMARTS) is 1. The Hall–Kier alpha value is -1.42. The minimum Gasteiger partial charge on any atom is -0.480 e. The molecule has 1 unspecified atom stereocenters. The highest BCUT2D eigenvalue weighted by Crippen LogP contribution is 2.21. The largest absolute Gasteiger partial charge is 0.480 e. The Balaban J connectivity index is 2.18. The molecule has 0 radical (unpaired) electrons. The van der Waals surface area contributed by atoms with Gasteiger partial charge in [-0.15, -0.1) is 0 Å². The van der Waals surface area contributed by atoms with E-state index in [1.54, 1.807) is 6.07 Å². The van der Waals surface area contributed by atoms with Crippen molar-refractivity contribution in [2.45, 2.75) is 45.2 Å². The van der Waals surface area contributed by atoms with Crippen molar-refractivity contribution < 1.29 is 14.3 Å². The van der Waals surface area contributed by atoms with Crippen molar-refractivity contribution >= 4 is 5.97 Å². The van der Waals surface area contributed by atoms with Crippen molar-refractivity contribution in [1.29, 1.82) is 0 Å². The van der Waals surface area contributed by atoms with Crippen LogP contribution in [0.1, 0.15) is 36.8 Å². The highest BCUT2D eigenvalue weighted by Gasteiger charge is 2.27. The van der Waals surface area contributed by atoms with Gasteiger partial charge >= 0.3 is 5.97 Å². The van der Waals surface area contributed by atoms with Crippen LogP contribution >= 0.6 is 0 Å². The van der Waals surface area contributed by atoms with Crippen LogP contribution in [0.15, 0.2) is 18.2 Å². The summed E-state index contributed by atoms with van der Waals surface area (Å²) in [5, 5.41) is 9.32. The first-order chi connectivity index (χ1) is 9.08. The minimum absolute atomic E-state index is 0.262. The molecule has 2 rings (SSSR count). The lowest BCUT2D eigenvalue weighted by atomic mass is 10.1. The van der Waals surface area contributed by atoms with Gasteiger partial charge in [0.25, 0.3) is 0 Å². The Morgan fingerprint density at radius 3 is 2.95 bits per heavy atom. The maximum atomic E-state index is 13.3. The van der Waals surface area contributed by atoms with E-state index in [9.17, 15) is 14.3 Å². The van der Waals surface area contributed by atoms with Gasteiger partial charge < -0.3 is 5.11 Å². The monoisotopic (exact) mass is 265 g/mol. The average Bonchev–Trinajstić information content (AvgIpc) is 2.59. The van der Waals surface area contributed by atoms with Gasteiger partial charge in [0.15, 0.2) is 0 Å². The van der Waals surface area contributed by atoms with Crippen LogP contribution in [-0.4, -0.2) is 28.6 Å². The molecule has 3 nitrogen and oxygen atoms in total. The second-order valence-electron chi connectivity index (χ2n) is 5.24. The Morgan fingerprint density at radius 1 is 1.42 bits per heavy atom. The number of nitrogens with zero attached hydrogens (tertiary/aromatic N) is 1. The van der Waals surface area contributed by atoms with E-state index in [2.05, 4.69) is 0 Å². The molecule has 1 aliphatic rings. The van der Waals surface area contributed by atoms with Crippen LogP contribution in [0.5, 0.6) is 0 Å². The summed E-state index contributed by atoms with van der Waals surface area (Å²) in [6.45, 7) is 3.22. The molecule has 19 heavy (non-hydrogen) atoms. The van der Waals surface area contributed by atoms with E-state index in [1.165, 1.54) is 12.1 Å². The third-order valence-corrected chi connectivity index (χ3v) is 3.83. The molecule has 1 aromatic rings. The third-order valence-electron chi connectivity index (χ3n) is 3.83. The fraction of sp³-hybridized carbons (Fsp3) is 0.533. The molecule has 0 aromatic heterocycles. The summed E-state index contributed by atoms with van der Waals surface area (Å²) in [6, 6.07) is 4.26. The van der Waals surface area contributed by atoms with Crippen molar-refractivity contribution in [3.8, 4) is 0 Å². The van der Waals surface area contributed by atoms with Crippen LogP contribution in [-0.2, 0) is 11.3 Å². The van der Waals surface area contributed by atoms with Gasteiger partial charge in [-0.2, -0.15) is 0 Å². The molecule has 1 heterocycles. The van der Waals surface area contributed by atoms with E-state index >= 15 is 0 Å². The van der Waals surface area contributed by atoms with Crippen molar-refractivity contribution in [1.82, 2.24) is 4.90 Å². The van der Waals surface area contributed by atoms with Gasteiger partial charge in [0.1, 0.15) is 11.9 Å². The van der Waals surface area contributed by atoms with Gasteiger partial charge in [-0.1, -0.05) is 18.9 Å². The number of hydrogen-bond donors (Lipinski definition) is 1. The number of likely N-dealkylation sites (tertiary alicyclic amines) is 1. The molecule has 1 aliphatic heterocycles. The van der Waals surface area contributed by atoms with Crippen LogP contribution in [0.2, 0.25) is 0 Å². The Morgan fingerprint density at radius 2 is 2.21 bits per heavy atom. The van der Waals surface area contributed by atoms with Crippen molar-refractivity contribution in [3.05, 3.63) is 35.1 Å². The molecule has 0 aliphatic carbocycles. The van der Waals surface area contributed by atoms with Gasteiger partial charge in [-0.05, 0) is 49.6 Å². The van der Waals surface area contributed by atoms with Gasteiger partial charge in [0, 0.05) is 6.54 Å². The van der Waals surface area contributed by atoms with Gasteiger partial charge in [0.05, 0.1) is 0 Å². The molecule has 0 saturated carbocycles. The second-order valence-corrected chi connectivity index (χ2v) is 5.24. The molecule has 1 saturated heterocycles. The molecule has 0 amide bonds. The summed E-state index contributed by atoms with van der Waals surface area (Å²) >= 11 is 0. The number of carbonyl (C=O) groups is 1. The number of hydrogen-bond acceptors (Lipinski definition) is 2. The third kappa shape index (κ3) is 3.53. The number of benzene rings is 1. The normalized spacial score (nSPS) is 21.1. The SMILES string of the molecule is Cc1ccc(F)cc1CN1CCCCCC1C(=O)O. The second kappa shape index (κ2) is 6.15. The summed E-state index contributed by atoms with van der Waals surface area (Å²) in [5.74, 6) is -1.03. The first-order valence-electron chi connectivity index (χ1n) is 6.80. The summed E-state index contributed by atoms with van der Waals surface area (Å²) in [6.07, 6.45) is 3.72. The molecule has 104 valence electrons. The predicted octanol–water partition coefficient (Wildman–Crippen LogP) is 2.96. The number of rotatable bonds is 3. The van der Waals surface area contributed by atoms with Crippen molar-refractivity contribution in [2.24, 2.45) is 0 Å². The summed E-state index contributed by atoms with van der Waals surface area (Å²) in [5.41, 5.74) is 1.89. The summed E-state index contributed by atoms with van der Waals surface area (Å²) in [4.78, 5) is 13.3. The lowest BCUT2D eigenvalue weighted by molar-refractivity contribution is -0.143. The number of halogens is 1. The van der Waals surface area contributed by atoms with Crippen LogP contribution in [0, 0.1) is 12.7 Å². The maximum Gasteiger partial charge on any atom is 0.320 e. The fourth-order valence-corrected chi connectivity index (χ4v) is 2.67. The van der Waals surface area contributed by atoms with Gasteiger partial charge in [0.2, 0.25) is 0 Å². The van der Waals surface area contributed by atoms with E-state index in [0.29, 0.717) is 13.0 Å². The standard InChI is InChI=1S/C15H20FNO2/c1-11-6-7-13(16)9-12(11)10-17-8-4-2-3-5-14(17)15(18)19/h6-7,9,14H,2-5,8,10H2,1H3,(H,18,19).